The number of phenols is 1. The number of carbonyl (C=O) groups excluding carboxylic acids is 5. The number of aromatic nitrogens is 2. The highest BCUT2D eigenvalue weighted by molar-refractivity contribution is 6.00. The lowest BCUT2D eigenvalue weighted by molar-refractivity contribution is -0.132. The molecule has 1 aliphatic heterocycles. The summed E-state index contributed by atoms with van der Waals surface area (Å²) >= 11 is 0. The minimum absolute atomic E-state index is 0.0318. The molecule has 0 aliphatic carbocycles. The Kier molecular flexibility index (Phi) is 10.7. The van der Waals surface area contributed by atoms with E-state index in [4.69, 9.17) is 16.2 Å². The molecule has 17 heteroatoms. The molecule has 5 amide bonds. The van der Waals surface area contributed by atoms with Crippen LogP contribution >= 0.6 is 0 Å². The van der Waals surface area contributed by atoms with Crippen molar-refractivity contribution in [1.29, 1.82) is 0 Å². The van der Waals surface area contributed by atoms with Crippen LogP contribution in [0.1, 0.15) is 27.9 Å². The fourth-order valence-electron chi connectivity index (χ4n) is 4.64. The summed E-state index contributed by atoms with van der Waals surface area (Å²) in [6.45, 7) is 0.484. The Hall–Kier alpha value is -5.97. The highest BCUT2D eigenvalue weighted by Crippen LogP contribution is 2.24. The fourth-order valence-corrected chi connectivity index (χ4v) is 4.64. The van der Waals surface area contributed by atoms with Gasteiger partial charge in [0.25, 0.3) is 11.5 Å². The van der Waals surface area contributed by atoms with Gasteiger partial charge in [0.05, 0.1) is 18.0 Å². The molecule has 0 radical (unpaired) electrons. The monoisotopic (exact) mass is 650 g/mol. The summed E-state index contributed by atoms with van der Waals surface area (Å²) < 4.78 is 7.01. The molecule has 0 fully saturated rings. The van der Waals surface area contributed by atoms with E-state index >= 15 is 0 Å². The van der Waals surface area contributed by atoms with Gasteiger partial charge in [-0.3, -0.25) is 38.3 Å². The number of fused-ring (bicyclic) bond motifs is 1. The highest BCUT2D eigenvalue weighted by atomic mass is 16.5. The maximum absolute atomic E-state index is 13.3. The molecule has 2 aromatic carbocycles. The van der Waals surface area contributed by atoms with Gasteiger partial charge in [-0.15, -0.1) is 0 Å². The van der Waals surface area contributed by atoms with Crippen molar-refractivity contribution < 1.29 is 33.8 Å². The molecule has 1 aromatic heterocycles. The van der Waals surface area contributed by atoms with E-state index in [1.807, 2.05) is 0 Å². The number of hydrogen-bond donors (Lipinski definition) is 8. The average molecular weight is 651 g/mol. The van der Waals surface area contributed by atoms with E-state index in [2.05, 4.69) is 26.3 Å². The van der Waals surface area contributed by atoms with E-state index in [1.165, 1.54) is 43.5 Å². The van der Waals surface area contributed by atoms with Crippen molar-refractivity contribution in [2.45, 2.75) is 44.4 Å². The highest BCUT2D eigenvalue weighted by Gasteiger charge is 2.29. The summed E-state index contributed by atoms with van der Waals surface area (Å²) in [6, 6.07) is 6.90. The van der Waals surface area contributed by atoms with Crippen molar-refractivity contribution >= 4 is 35.2 Å². The lowest BCUT2D eigenvalue weighted by atomic mass is 10.0. The molecule has 10 N–H and O–H groups in total. The van der Waals surface area contributed by atoms with Gasteiger partial charge in [-0.25, -0.2) is 4.79 Å². The zero-order valence-electron chi connectivity index (χ0n) is 25.2. The van der Waals surface area contributed by atoms with E-state index < -0.39 is 71.9 Å². The molecule has 2 heterocycles. The number of hydrogen-bond acceptors (Lipinski definition) is 10. The zero-order chi connectivity index (χ0) is 34.2. The molecule has 0 saturated carbocycles. The first-order valence-electron chi connectivity index (χ1n) is 14.4. The van der Waals surface area contributed by atoms with E-state index in [0.29, 0.717) is 5.56 Å². The summed E-state index contributed by atoms with van der Waals surface area (Å²) in [7, 11) is 0. The van der Waals surface area contributed by atoms with Crippen LogP contribution in [0.5, 0.6) is 11.5 Å². The number of aryl methyl sites for hydroxylation is 1. The Labute approximate surface area is 266 Å². The van der Waals surface area contributed by atoms with E-state index in [0.717, 1.165) is 4.57 Å². The molecule has 17 nitrogen and oxygen atoms in total. The first kappa shape index (κ1) is 33.9. The molecule has 4 rings (SSSR count). The van der Waals surface area contributed by atoms with Gasteiger partial charge in [0, 0.05) is 24.0 Å². The number of anilines is 1. The Balaban J connectivity index is 1.62. The number of aromatic amines is 1. The molecule has 0 spiro atoms. The van der Waals surface area contributed by atoms with Gasteiger partial charge in [0.1, 0.15) is 36.7 Å². The number of H-pyrrole nitrogens is 1. The molecular weight excluding hydrogens is 616 g/mol. The molecule has 1 unspecified atom stereocenters. The summed E-state index contributed by atoms with van der Waals surface area (Å²) in [6.07, 6.45) is 0.910. The number of carbonyl (C=O) groups is 5. The van der Waals surface area contributed by atoms with Crippen LogP contribution in [-0.4, -0.2) is 75.5 Å². The lowest BCUT2D eigenvalue weighted by Crippen LogP contribution is -2.57. The number of phenolic OH excluding ortho intramolecular Hbond substituents is 1. The van der Waals surface area contributed by atoms with Gasteiger partial charge in [0.15, 0.2) is 0 Å². The predicted molar refractivity (Wildman–Crippen MR) is 166 cm³/mol. The third-order valence-electron chi connectivity index (χ3n) is 7.07. The second kappa shape index (κ2) is 14.9. The molecule has 248 valence electrons. The number of nitrogens with two attached hydrogens (primary N) is 2. The smallest absolute Gasteiger partial charge is 0.328 e. The number of aromatic hydroxyl groups is 1. The molecular formula is C30H34N8O9. The van der Waals surface area contributed by atoms with Crippen molar-refractivity contribution in [3.8, 4) is 11.5 Å². The molecule has 47 heavy (non-hydrogen) atoms. The van der Waals surface area contributed by atoms with Crippen molar-refractivity contribution in [3.63, 3.8) is 0 Å². The maximum Gasteiger partial charge on any atom is 0.328 e. The first-order valence-corrected chi connectivity index (χ1v) is 14.4. The maximum atomic E-state index is 13.3. The summed E-state index contributed by atoms with van der Waals surface area (Å²) in [5.74, 6) is -3.67. The summed E-state index contributed by atoms with van der Waals surface area (Å²) in [5.41, 5.74) is 11.0. The summed E-state index contributed by atoms with van der Waals surface area (Å²) in [5, 5.41) is 19.9. The SMILES string of the molecule is Cc1cn(CC(=O)Nc2ccc3c(c2)C(=O)NC[C@H](N)C(=O)N[C@@H](CC(N)=O)C(=O)NC(Cc2ccc(O)cc2)CO3)c(=O)[nH]c1=O. The van der Waals surface area contributed by atoms with Crippen LogP contribution in [0.15, 0.2) is 58.3 Å². The van der Waals surface area contributed by atoms with Crippen molar-refractivity contribution in [1.82, 2.24) is 25.5 Å². The Morgan fingerprint density at radius 2 is 1.77 bits per heavy atom. The van der Waals surface area contributed by atoms with Crippen molar-refractivity contribution in [2.24, 2.45) is 11.5 Å². The van der Waals surface area contributed by atoms with Crippen LogP contribution in [-0.2, 0) is 32.1 Å². The second-order valence-corrected chi connectivity index (χ2v) is 10.9. The van der Waals surface area contributed by atoms with Crippen LogP contribution < -0.4 is 48.7 Å². The van der Waals surface area contributed by atoms with Crippen LogP contribution in [0, 0.1) is 6.92 Å². The topological polar surface area (TPSA) is 270 Å². The Morgan fingerprint density at radius 3 is 2.47 bits per heavy atom. The van der Waals surface area contributed by atoms with Crippen LogP contribution in [0.2, 0.25) is 0 Å². The first-order chi connectivity index (χ1) is 22.3. The number of rotatable bonds is 7. The quantitative estimate of drug-likeness (QED) is 0.136. The minimum Gasteiger partial charge on any atom is -0.508 e. The molecule has 3 atom stereocenters. The van der Waals surface area contributed by atoms with Crippen LogP contribution in [0.3, 0.4) is 0 Å². The van der Waals surface area contributed by atoms with E-state index in [1.54, 1.807) is 12.1 Å². The van der Waals surface area contributed by atoms with Gasteiger partial charge in [-0.05, 0) is 49.2 Å². The van der Waals surface area contributed by atoms with E-state index in [9.17, 15) is 38.7 Å². The molecule has 0 saturated heterocycles. The largest absolute Gasteiger partial charge is 0.508 e. The Morgan fingerprint density at radius 1 is 1.04 bits per heavy atom. The van der Waals surface area contributed by atoms with Crippen molar-refractivity contribution in [3.05, 3.63) is 86.2 Å². The lowest BCUT2D eigenvalue weighted by Gasteiger charge is -2.25. The minimum atomic E-state index is -1.36. The van der Waals surface area contributed by atoms with Gasteiger partial charge < -0.3 is 42.6 Å². The third-order valence-corrected chi connectivity index (χ3v) is 7.07. The zero-order valence-corrected chi connectivity index (χ0v) is 25.2. The predicted octanol–water partition coefficient (Wildman–Crippen LogP) is -2.27. The van der Waals surface area contributed by atoms with E-state index in [-0.39, 0.29) is 47.9 Å². The number of benzene rings is 2. The summed E-state index contributed by atoms with van der Waals surface area (Å²) in [4.78, 5) is 89.7. The molecule has 0 bridgehead atoms. The second-order valence-electron chi connectivity index (χ2n) is 10.9. The van der Waals surface area contributed by atoms with Gasteiger partial charge in [-0.2, -0.15) is 0 Å². The van der Waals surface area contributed by atoms with Gasteiger partial charge >= 0.3 is 5.69 Å². The van der Waals surface area contributed by atoms with Crippen molar-refractivity contribution in [2.75, 3.05) is 18.5 Å². The fraction of sp³-hybridized carbons (Fsp3) is 0.300. The average Bonchev–Trinajstić information content (AvgIpc) is 3.01. The van der Waals surface area contributed by atoms with Crippen LogP contribution in [0.4, 0.5) is 5.69 Å². The number of primary amides is 1. The van der Waals surface area contributed by atoms with Gasteiger partial charge in [0.2, 0.25) is 23.6 Å². The normalized spacial score (nSPS) is 18.8. The third kappa shape index (κ3) is 9.27. The Bertz CT molecular complexity index is 1800. The van der Waals surface area contributed by atoms with Crippen LogP contribution in [0.25, 0.3) is 0 Å². The molecule has 1 aliphatic rings. The number of amides is 5. The molecule has 3 aromatic rings. The number of nitrogens with zero attached hydrogens (tertiary/aromatic N) is 1. The number of ether oxygens (including phenoxy) is 1. The van der Waals surface area contributed by atoms with Gasteiger partial charge in [-0.1, -0.05) is 12.1 Å². The number of nitrogens with one attached hydrogen (secondary N) is 5. The standard InChI is InChI=1S/C30H34N8O9/c1-15-12-38(30(46)37-26(15)42)13-25(41)34-17-4-7-23-20(9-17)27(43)33-11-21(31)28(44)36-22(10-24(32)40)29(45)35-18(14-47-23)8-16-2-5-19(39)6-3-16/h2-7,9,12,18,21-22,39H,8,10-11,13-14,31H2,1H3,(H2,32,40)(H,33,43)(H,34,41)(H,35,45)(H,36,44)(H,37,42,46)/t18?,21-,22-/m0/s1.